The number of benzene rings is 1. The average molecular weight is 324 g/mol. The molecule has 6 nitrogen and oxygen atoms in total. The molecule has 22 heavy (non-hydrogen) atoms. The van der Waals surface area contributed by atoms with E-state index in [-0.39, 0.29) is 24.7 Å². The molecule has 1 amide bonds. The fraction of sp³-hybridized carbons (Fsp3) is 0.400. The minimum absolute atomic E-state index is 0. The molecule has 0 radical (unpaired) electrons. The van der Waals surface area contributed by atoms with Crippen LogP contribution < -0.4 is 11.1 Å². The number of hydrogen-bond acceptors (Lipinski definition) is 4. The maximum Gasteiger partial charge on any atom is 0.226 e. The number of hydrogen-bond donors (Lipinski definition) is 2. The number of rotatable bonds is 5. The third-order valence-corrected chi connectivity index (χ3v) is 3.06. The van der Waals surface area contributed by atoms with E-state index < -0.39 is 5.54 Å². The summed E-state index contributed by atoms with van der Waals surface area (Å²) < 4.78 is 1.73. The van der Waals surface area contributed by atoms with E-state index >= 15 is 0 Å². The average Bonchev–Trinajstić information content (AvgIpc) is 2.78. The summed E-state index contributed by atoms with van der Waals surface area (Å²) >= 11 is 0. The zero-order valence-electron chi connectivity index (χ0n) is 13.0. The summed E-state index contributed by atoms with van der Waals surface area (Å²) in [4.78, 5) is 11.9. The molecule has 0 saturated heterocycles. The molecule has 1 aromatic heterocycles. The second-order valence-corrected chi connectivity index (χ2v) is 5.81. The molecule has 120 valence electrons. The van der Waals surface area contributed by atoms with Crippen LogP contribution >= 0.6 is 12.4 Å². The van der Waals surface area contributed by atoms with E-state index in [1.807, 2.05) is 51.1 Å². The van der Waals surface area contributed by atoms with E-state index in [1.165, 1.54) is 0 Å². The van der Waals surface area contributed by atoms with Crippen molar-refractivity contribution >= 4 is 18.3 Å². The van der Waals surface area contributed by atoms with Crippen LogP contribution in [0.4, 0.5) is 0 Å². The van der Waals surface area contributed by atoms with E-state index in [9.17, 15) is 4.79 Å². The SMILES string of the molecule is Cc1c(CC(=O)NCC(C)(C)N)nnn1-c1ccccc1.Cl. The summed E-state index contributed by atoms with van der Waals surface area (Å²) in [7, 11) is 0. The Morgan fingerprint density at radius 1 is 1.32 bits per heavy atom. The van der Waals surface area contributed by atoms with Crippen molar-refractivity contribution in [3.05, 3.63) is 41.7 Å². The van der Waals surface area contributed by atoms with Crippen molar-refractivity contribution in [2.24, 2.45) is 5.73 Å². The minimum Gasteiger partial charge on any atom is -0.354 e. The third kappa shape index (κ3) is 4.82. The van der Waals surface area contributed by atoms with Gasteiger partial charge in [-0.3, -0.25) is 4.79 Å². The van der Waals surface area contributed by atoms with Gasteiger partial charge < -0.3 is 11.1 Å². The molecule has 0 aliphatic carbocycles. The van der Waals surface area contributed by atoms with Gasteiger partial charge in [0.15, 0.2) is 0 Å². The van der Waals surface area contributed by atoms with Gasteiger partial charge in [-0.15, -0.1) is 17.5 Å². The van der Waals surface area contributed by atoms with E-state index in [0.717, 1.165) is 11.4 Å². The first-order chi connectivity index (χ1) is 9.87. The van der Waals surface area contributed by atoms with Gasteiger partial charge in [-0.25, -0.2) is 4.68 Å². The van der Waals surface area contributed by atoms with Crippen molar-refractivity contribution in [2.75, 3.05) is 6.54 Å². The van der Waals surface area contributed by atoms with Crippen molar-refractivity contribution in [3.8, 4) is 5.69 Å². The van der Waals surface area contributed by atoms with Gasteiger partial charge in [-0.1, -0.05) is 23.4 Å². The minimum atomic E-state index is -0.424. The predicted molar refractivity (Wildman–Crippen MR) is 88.3 cm³/mol. The molecule has 0 unspecified atom stereocenters. The van der Waals surface area contributed by atoms with Crippen molar-refractivity contribution in [1.82, 2.24) is 20.3 Å². The molecule has 0 aliphatic heterocycles. The summed E-state index contributed by atoms with van der Waals surface area (Å²) in [5.74, 6) is -0.100. The lowest BCUT2D eigenvalue weighted by Gasteiger charge is -2.18. The van der Waals surface area contributed by atoms with E-state index in [0.29, 0.717) is 12.2 Å². The standard InChI is InChI=1S/C15H21N5O.ClH/c1-11-13(9-14(21)17-10-15(2,3)16)18-19-20(11)12-7-5-4-6-8-12;/h4-8H,9-10,16H2,1-3H3,(H,17,21);1H. The van der Waals surface area contributed by atoms with Gasteiger partial charge in [0.25, 0.3) is 0 Å². The molecule has 0 aliphatic rings. The molecule has 0 bridgehead atoms. The fourth-order valence-electron chi connectivity index (χ4n) is 1.88. The van der Waals surface area contributed by atoms with Gasteiger partial charge in [-0.2, -0.15) is 0 Å². The summed E-state index contributed by atoms with van der Waals surface area (Å²) in [5, 5.41) is 11.0. The molecule has 2 rings (SSSR count). The van der Waals surface area contributed by atoms with Gasteiger partial charge in [0, 0.05) is 12.1 Å². The van der Waals surface area contributed by atoms with Crippen LogP contribution in [-0.4, -0.2) is 33.0 Å². The van der Waals surface area contributed by atoms with Crippen LogP contribution in [0.2, 0.25) is 0 Å². The summed E-state index contributed by atoms with van der Waals surface area (Å²) in [6.45, 7) is 6.06. The molecule has 0 saturated carbocycles. The normalized spacial score (nSPS) is 10.9. The first kappa shape index (κ1) is 18.1. The Morgan fingerprint density at radius 3 is 2.55 bits per heavy atom. The van der Waals surface area contributed by atoms with Gasteiger partial charge in [-0.05, 0) is 32.9 Å². The number of nitrogens with one attached hydrogen (secondary N) is 1. The van der Waals surface area contributed by atoms with Crippen LogP contribution in [0, 0.1) is 6.92 Å². The highest BCUT2D eigenvalue weighted by atomic mass is 35.5. The number of para-hydroxylation sites is 1. The molecule has 0 spiro atoms. The fourth-order valence-corrected chi connectivity index (χ4v) is 1.88. The third-order valence-electron chi connectivity index (χ3n) is 3.06. The largest absolute Gasteiger partial charge is 0.354 e. The second-order valence-electron chi connectivity index (χ2n) is 5.81. The first-order valence-corrected chi connectivity index (χ1v) is 6.89. The highest BCUT2D eigenvalue weighted by Crippen LogP contribution is 2.12. The number of carbonyl (C=O) groups is 1. The highest BCUT2D eigenvalue weighted by molar-refractivity contribution is 5.85. The van der Waals surface area contributed by atoms with Gasteiger partial charge in [0.2, 0.25) is 5.91 Å². The summed E-state index contributed by atoms with van der Waals surface area (Å²) in [6, 6.07) is 9.71. The summed E-state index contributed by atoms with van der Waals surface area (Å²) in [6.07, 6.45) is 0.203. The topological polar surface area (TPSA) is 85.8 Å². The number of halogens is 1. The Bertz CT molecular complexity index is 619. The number of amides is 1. The van der Waals surface area contributed by atoms with Crippen molar-refractivity contribution in [3.63, 3.8) is 0 Å². The van der Waals surface area contributed by atoms with Crippen molar-refractivity contribution in [1.29, 1.82) is 0 Å². The van der Waals surface area contributed by atoms with Crippen molar-refractivity contribution in [2.45, 2.75) is 32.7 Å². The molecule has 0 atom stereocenters. The van der Waals surface area contributed by atoms with E-state index in [1.54, 1.807) is 4.68 Å². The molecule has 0 fully saturated rings. The van der Waals surface area contributed by atoms with Crippen LogP contribution in [0.5, 0.6) is 0 Å². The zero-order valence-corrected chi connectivity index (χ0v) is 13.9. The number of nitrogens with two attached hydrogens (primary N) is 1. The Morgan fingerprint density at radius 2 is 1.95 bits per heavy atom. The maximum atomic E-state index is 11.9. The quantitative estimate of drug-likeness (QED) is 0.870. The number of nitrogens with zero attached hydrogens (tertiary/aromatic N) is 3. The number of carbonyl (C=O) groups excluding carboxylic acids is 1. The van der Waals surface area contributed by atoms with Crippen LogP contribution in [0.15, 0.2) is 30.3 Å². The van der Waals surface area contributed by atoms with E-state index in [4.69, 9.17) is 5.73 Å². The molecule has 3 N–H and O–H groups in total. The smallest absolute Gasteiger partial charge is 0.226 e. The Balaban J connectivity index is 0.00000242. The molecule has 2 aromatic rings. The highest BCUT2D eigenvalue weighted by Gasteiger charge is 2.16. The van der Waals surface area contributed by atoms with Gasteiger partial charge in [0.05, 0.1) is 23.5 Å². The second kappa shape index (κ2) is 7.38. The molecular weight excluding hydrogens is 302 g/mol. The van der Waals surface area contributed by atoms with Crippen LogP contribution in [0.3, 0.4) is 0 Å². The molecular formula is C15H22ClN5O. The van der Waals surface area contributed by atoms with Gasteiger partial charge >= 0.3 is 0 Å². The lowest BCUT2D eigenvalue weighted by Crippen LogP contribution is -2.45. The maximum absolute atomic E-state index is 11.9. The van der Waals surface area contributed by atoms with Crippen LogP contribution in [-0.2, 0) is 11.2 Å². The number of aromatic nitrogens is 3. The lowest BCUT2D eigenvalue weighted by molar-refractivity contribution is -0.120. The van der Waals surface area contributed by atoms with Crippen molar-refractivity contribution < 1.29 is 4.79 Å². The van der Waals surface area contributed by atoms with Crippen LogP contribution in [0.1, 0.15) is 25.2 Å². The first-order valence-electron chi connectivity index (χ1n) is 6.89. The molecule has 7 heteroatoms. The Labute approximate surface area is 136 Å². The van der Waals surface area contributed by atoms with Gasteiger partial charge in [0.1, 0.15) is 0 Å². The van der Waals surface area contributed by atoms with Crippen LogP contribution in [0.25, 0.3) is 5.69 Å². The molecule has 1 heterocycles. The zero-order chi connectivity index (χ0) is 15.5. The Kier molecular flexibility index (Phi) is 6.08. The summed E-state index contributed by atoms with van der Waals surface area (Å²) in [5.41, 5.74) is 7.88. The Hall–Kier alpha value is -1.92. The predicted octanol–water partition coefficient (Wildman–Crippen LogP) is 1.39. The molecule has 1 aromatic carbocycles. The monoisotopic (exact) mass is 323 g/mol. The van der Waals surface area contributed by atoms with E-state index in [2.05, 4.69) is 15.6 Å². The lowest BCUT2D eigenvalue weighted by atomic mass is 10.1.